The number of hydrogen-bond donors (Lipinski definition) is 2. The van der Waals surface area contributed by atoms with Crippen LogP contribution < -0.4 is 20.0 Å². The van der Waals surface area contributed by atoms with E-state index in [4.69, 9.17) is 13.9 Å². The third kappa shape index (κ3) is 4.60. The number of H-pyrrole nitrogens is 1. The standard InChI is InChI=1S/C21H25N3O4S/c1-26-19-10-14-6-9-24(13-15(14)11-20(19)27-2)8-3-7-22-29-16-4-5-17-18(12-16)28-21(25)23-17/h4-5,10-12,22H,3,6-9,13H2,1-2H3,(H,23,25). The summed E-state index contributed by atoms with van der Waals surface area (Å²) < 4.78 is 19.3. The molecule has 0 unspecified atom stereocenters. The van der Waals surface area contributed by atoms with E-state index >= 15 is 0 Å². The topological polar surface area (TPSA) is 79.7 Å². The molecule has 0 saturated carbocycles. The van der Waals surface area contributed by atoms with Gasteiger partial charge in [-0.25, -0.2) is 4.79 Å². The molecule has 1 aromatic heterocycles. The van der Waals surface area contributed by atoms with Gasteiger partial charge in [-0.05, 0) is 72.8 Å². The van der Waals surface area contributed by atoms with E-state index in [0.29, 0.717) is 5.58 Å². The Morgan fingerprint density at radius 2 is 1.97 bits per heavy atom. The Labute approximate surface area is 173 Å². The lowest BCUT2D eigenvalue weighted by Gasteiger charge is -2.29. The number of fused-ring (bicyclic) bond motifs is 2. The quantitative estimate of drug-likeness (QED) is 0.432. The van der Waals surface area contributed by atoms with E-state index in [1.807, 2.05) is 18.2 Å². The number of rotatable bonds is 8. The van der Waals surface area contributed by atoms with Crippen molar-refractivity contribution in [2.45, 2.75) is 24.3 Å². The van der Waals surface area contributed by atoms with Crippen LogP contribution >= 0.6 is 11.9 Å². The highest BCUT2D eigenvalue weighted by molar-refractivity contribution is 7.97. The van der Waals surface area contributed by atoms with Gasteiger partial charge in [0.25, 0.3) is 0 Å². The Hall–Kier alpha value is -2.42. The number of hydrogen-bond acceptors (Lipinski definition) is 7. The molecule has 7 nitrogen and oxygen atoms in total. The first-order chi connectivity index (χ1) is 14.2. The van der Waals surface area contributed by atoms with Gasteiger partial charge in [0.05, 0.1) is 19.7 Å². The predicted octanol–water partition coefficient (Wildman–Crippen LogP) is 3.18. The highest BCUT2D eigenvalue weighted by Gasteiger charge is 2.19. The Morgan fingerprint density at radius 3 is 2.76 bits per heavy atom. The molecule has 8 heteroatoms. The van der Waals surface area contributed by atoms with Gasteiger partial charge in [-0.15, -0.1) is 0 Å². The summed E-state index contributed by atoms with van der Waals surface area (Å²) in [5.74, 6) is 1.17. The Balaban J connectivity index is 1.24. The Kier molecular flexibility index (Phi) is 6.13. The van der Waals surface area contributed by atoms with Crippen LogP contribution in [-0.2, 0) is 13.0 Å². The largest absolute Gasteiger partial charge is 0.493 e. The summed E-state index contributed by atoms with van der Waals surface area (Å²) in [5, 5.41) is 0. The van der Waals surface area contributed by atoms with Crippen molar-refractivity contribution in [3.63, 3.8) is 0 Å². The molecule has 1 aliphatic rings. The molecule has 0 aliphatic carbocycles. The van der Waals surface area contributed by atoms with Crippen molar-refractivity contribution in [2.75, 3.05) is 33.9 Å². The lowest BCUT2D eigenvalue weighted by molar-refractivity contribution is 0.250. The first-order valence-corrected chi connectivity index (χ1v) is 10.5. The number of nitrogens with one attached hydrogen (secondary N) is 2. The maximum absolute atomic E-state index is 11.2. The molecule has 2 aromatic carbocycles. The fourth-order valence-electron chi connectivity index (χ4n) is 3.63. The van der Waals surface area contributed by atoms with Gasteiger partial charge in [0.1, 0.15) is 0 Å². The van der Waals surface area contributed by atoms with Crippen LogP contribution in [0.3, 0.4) is 0 Å². The highest BCUT2D eigenvalue weighted by Crippen LogP contribution is 2.33. The molecule has 2 heterocycles. The van der Waals surface area contributed by atoms with Crippen molar-refractivity contribution < 1.29 is 13.9 Å². The summed E-state index contributed by atoms with van der Waals surface area (Å²) in [5.41, 5.74) is 3.97. The maximum Gasteiger partial charge on any atom is 0.417 e. The smallest absolute Gasteiger partial charge is 0.417 e. The summed E-state index contributed by atoms with van der Waals surface area (Å²) in [6.07, 6.45) is 2.08. The van der Waals surface area contributed by atoms with Crippen LogP contribution in [0.5, 0.6) is 11.5 Å². The van der Waals surface area contributed by atoms with Gasteiger partial charge in [0.15, 0.2) is 17.1 Å². The van der Waals surface area contributed by atoms with Gasteiger partial charge >= 0.3 is 5.76 Å². The predicted molar refractivity (Wildman–Crippen MR) is 114 cm³/mol. The van der Waals surface area contributed by atoms with E-state index in [2.05, 4.69) is 26.7 Å². The summed E-state index contributed by atoms with van der Waals surface area (Å²) >= 11 is 1.55. The van der Waals surface area contributed by atoms with Gasteiger partial charge in [-0.2, -0.15) is 0 Å². The van der Waals surface area contributed by atoms with Gasteiger partial charge in [0, 0.05) is 24.5 Å². The molecule has 1 aliphatic heterocycles. The molecule has 0 fully saturated rings. The molecule has 2 N–H and O–H groups in total. The van der Waals surface area contributed by atoms with E-state index in [1.165, 1.54) is 11.1 Å². The minimum Gasteiger partial charge on any atom is -0.493 e. The zero-order valence-corrected chi connectivity index (χ0v) is 17.4. The van der Waals surface area contributed by atoms with Crippen LogP contribution in [0.1, 0.15) is 17.5 Å². The van der Waals surface area contributed by atoms with Crippen molar-refractivity contribution >= 4 is 23.0 Å². The highest BCUT2D eigenvalue weighted by atomic mass is 32.2. The van der Waals surface area contributed by atoms with Crippen molar-refractivity contribution in [3.05, 3.63) is 52.0 Å². The van der Waals surface area contributed by atoms with Crippen molar-refractivity contribution in [1.29, 1.82) is 0 Å². The van der Waals surface area contributed by atoms with Gasteiger partial charge in [-0.1, -0.05) is 0 Å². The molecule has 154 valence electrons. The van der Waals surface area contributed by atoms with Crippen LogP contribution in [0.2, 0.25) is 0 Å². The fourth-order valence-corrected chi connectivity index (χ4v) is 4.35. The average molecular weight is 416 g/mol. The first-order valence-electron chi connectivity index (χ1n) is 9.65. The zero-order valence-electron chi connectivity index (χ0n) is 16.6. The number of nitrogens with zero attached hydrogens (tertiary/aromatic N) is 1. The minimum atomic E-state index is -0.422. The van der Waals surface area contributed by atoms with Crippen molar-refractivity contribution in [1.82, 2.24) is 14.6 Å². The molecule has 0 atom stereocenters. The van der Waals surface area contributed by atoms with Crippen LogP contribution in [0, 0.1) is 0 Å². The second-order valence-corrected chi connectivity index (χ2v) is 7.99. The maximum atomic E-state index is 11.2. The summed E-state index contributed by atoms with van der Waals surface area (Å²) in [6.45, 7) is 3.92. The minimum absolute atomic E-state index is 0.422. The third-order valence-corrected chi connectivity index (χ3v) is 5.97. The van der Waals surface area contributed by atoms with Gasteiger partial charge < -0.3 is 13.9 Å². The number of aromatic amines is 1. The summed E-state index contributed by atoms with van der Waals surface area (Å²) in [7, 11) is 3.35. The molecular weight excluding hydrogens is 390 g/mol. The summed E-state index contributed by atoms with van der Waals surface area (Å²) in [6, 6.07) is 9.90. The molecular formula is C21H25N3O4S. The number of methoxy groups -OCH3 is 2. The van der Waals surface area contributed by atoms with Crippen molar-refractivity contribution in [3.8, 4) is 11.5 Å². The molecule has 0 amide bonds. The van der Waals surface area contributed by atoms with Gasteiger partial charge in [-0.3, -0.25) is 14.6 Å². The van der Waals surface area contributed by atoms with Crippen LogP contribution in [0.15, 0.2) is 44.4 Å². The third-order valence-electron chi connectivity index (χ3n) is 5.13. The molecule has 0 spiro atoms. The normalized spacial score (nSPS) is 14.1. The lowest BCUT2D eigenvalue weighted by atomic mass is 9.98. The second kappa shape index (κ2) is 8.94. The van der Waals surface area contributed by atoms with E-state index in [9.17, 15) is 4.79 Å². The summed E-state index contributed by atoms with van der Waals surface area (Å²) in [4.78, 5) is 17.4. The van der Waals surface area contributed by atoms with E-state index < -0.39 is 5.76 Å². The first kappa shape index (κ1) is 19.9. The number of aromatic nitrogens is 1. The average Bonchev–Trinajstić information content (AvgIpc) is 3.11. The van der Waals surface area contributed by atoms with E-state index in [0.717, 1.165) is 60.9 Å². The van der Waals surface area contributed by atoms with E-state index in [-0.39, 0.29) is 0 Å². The fraction of sp³-hybridized carbons (Fsp3) is 0.381. The van der Waals surface area contributed by atoms with Crippen molar-refractivity contribution in [2.24, 2.45) is 0 Å². The zero-order chi connectivity index (χ0) is 20.2. The Morgan fingerprint density at radius 1 is 1.17 bits per heavy atom. The molecule has 0 bridgehead atoms. The number of ether oxygens (including phenoxy) is 2. The number of benzene rings is 2. The number of oxazole rings is 1. The van der Waals surface area contributed by atoms with E-state index in [1.54, 1.807) is 26.2 Å². The lowest BCUT2D eigenvalue weighted by Crippen LogP contribution is -2.32. The molecule has 0 saturated heterocycles. The Bertz CT molecular complexity index is 1050. The monoisotopic (exact) mass is 415 g/mol. The van der Waals surface area contributed by atoms with Crippen LogP contribution in [-0.4, -0.2) is 43.7 Å². The second-order valence-electron chi connectivity index (χ2n) is 7.02. The van der Waals surface area contributed by atoms with Crippen LogP contribution in [0.4, 0.5) is 0 Å². The van der Waals surface area contributed by atoms with Crippen LogP contribution in [0.25, 0.3) is 11.1 Å². The molecule has 4 rings (SSSR count). The molecule has 29 heavy (non-hydrogen) atoms. The van der Waals surface area contributed by atoms with Gasteiger partial charge in [0.2, 0.25) is 0 Å². The SMILES string of the molecule is COc1cc2c(cc1OC)CN(CCCNSc1ccc3[nH]c(=O)oc3c1)CC2. The molecule has 0 radical (unpaired) electrons. The molecule has 3 aromatic rings.